The summed E-state index contributed by atoms with van der Waals surface area (Å²) in [4.78, 5) is 10.7. The summed E-state index contributed by atoms with van der Waals surface area (Å²) in [5, 5.41) is 8.79. The average Bonchev–Trinajstić information content (AvgIpc) is 2.45. The van der Waals surface area contributed by atoms with Gasteiger partial charge < -0.3 is 9.84 Å². The SMILES string of the molecule is Cc1c(Br)cccc1Oc1ccc(C[C@H](C)CC(=O)O)cc1. The number of aliphatic carboxylic acids is 1. The van der Waals surface area contributed by atoms with E-state index in [0.717, 1.165) is 33.5 Å². The zero-order chi connectivity index (χ0) is 16.1. The van der Waals surface area contributed by atoms with Gasteiger partial charge in [-0.25, -0.2) is 0 Å². The lowest BCUT2D eigenvalue weighted by molar-refractivity contribution is -0.137. The van der Waals surface area contributed by atoms with E-state index in [1.165, 1.54) is 0 Å². The van der Waals surface area contributed by atoms with E-state index in [1.807, 2.05) is 56.3 Å². The Labute approximate surface area is 139 Å². The van der Waals surface area contributed by atoms with E-state index in [1.54, 1.807) is 0 Å². The van der Waals surface area contributed by atoms with Crippen LogP contribution in [-0.2, 0) is 11.2 Å². The first kappa shape index (κ1) is 16.6. The van der Waals surface area contributed by atoms with E-state index in [-0.39, 0.29) is 12.3 Å². The number of carboxylic acids is 1. The van der Waals surface area contributed by atoms with Crippen LogP contribution in [0.15, 0.2) is 46.9 Å². The van der Waals surface area contributed by atoms with Gasteiger partial charge in [0.15, 0.2) is 0 Å². The van der Waals surface area contributed by atoms with Gasteiger partial charge in [-0.1, -0.05) is 41.1 Å². The number of ether oxygens (including phenoxy) is 1. The second-order valence-corrected chi connectivity index (χ2v) is 6.37. The molecule has 116 valence electrons. The number of halogens is 1. The highest BCUT2D eigenvalue weighted by Gasteiger charge is 2.09. The molecule has 2 aromatic carbocycles. The maximum atomic E-state index is 10.7. The zero-order valence-corrected chi connectivity index (χ0v) is 14.3. The summed E-state index contributed by atoms with van der Waals surface area (Å²) in [5.74, 6) is 0.964. The minimum absolute atomic E-state index is 0.122. The Kier molecular flexibility index (Phi) is 5.61. The van der Waals surface area contributed by atoms with Gasteiger partial charge in [0.25, 0.3) is 0 Å². The van der Waals surface area contributed by atoms with Crippen LogP contribution in [0.2, 0.25) is 0 Å². The van der Waals surface area contributed by atoms with Crippen molar-refractivity contribution in [2.24, 2.45) is 5.92 Å². The maximum absolute atomic E-state index is 10.7. The predicted octanol–water partition coefficient (Wildman–Crippen LogP) is 5.20. The van der Waals surface area contributed by atoms with Crippen LogP contribution in [0.25, 0.3) is 0 Å². The van der Waals surface area contributed by atoms with Crippen molar-refractivity contribution in [2.45, 2.75) is 26.7 Å². The molecule has 0 aliphatic heterocycles. The molecule has 0 heterocycles. The third kappa shape index (κ3) is 4.60. The van der Waals surface area contributed by atoms with E-state index in [0.29, 0.717) is 0 Å². The van der Waals surface area contributed by atoms with Crippen LogP contribution in [-0.4, -0.2) is 11.1 Å². The Morgan fingerprint density at radius 1 is 1.23 bits per heavy atom. The highest BCUT2D eigenvalue weighted by atomic mass is 79.9. The number of benzene rings is 2. The molecule has 0 bridgehead atoms. The molecule has 1 N–H and O–H groups in total. The summed E-state index contributed by atoms with van der Waals surface area (Å²) in [5.41, 5.74) is 2.17. The fraction of sp³-hybridized carbons (Fsp3) is 0.278. The molecule has 4 heteroatoms. The monoisotopic (exact) mass is 362 g/mol. The second-order valence-electron chi connectivity index (χ2n) is 5.52. The highest BCUT2D eigenvalue weighted by molar-refractivity contribution is 9.10. The first-order valence-electron chi connectivity index (χ1n) is 7.19. The van der Waals surface area contributed by atoms with Crippen LogP contribution in [0.3, 0.4) is 0 Å². The molecule has 0 saturated heterocycles. The molecule has 3 nitrogen and oxygen atoms in total. The van der Waals surface area contributed by atoms with Gasteiger partial charge in [0.2, 0.25) is 0 Å². The minimum atomic E-state index is -0.752. The van der Waals surface area contributed by atoms with Crippen molar-refractivity contribution in [3.8, 4) is 11.5 Å². The van der Waals surface area contributed by atoms with Gasteiger partial charge in [-0.2, -0.15) is 0 Å². The number of hydrogen-bond donors (Lipinski definition) is 1. The molecule has 0 amide bonds. The van der Waals surface area contributed by atoms with Gasteiger partial charge >= 0.3 is 5.97 Å². The van der Waals surface area contributed by atoms with Crippen molar-refractivity contribution in [1.29, 1.82) is 0 Å². The summed E-state index contributed by atoms with van der Waals surface area (Å²) in [6, 6.07) is 13.7. The van der Waals surface area contributed by atoms with Gasteiger partial charge in [0.05, 0.1) is 0 Å². The van der Waals surface area contributed by atoms with Crippen LogP contribution in [0, 0.1) is 12.8 Å². The molecule has 0 radical (unpaired) electrons. The Morgan fingerprint density at radius 3 is 2.55 bits per heavy atom. The molecular weight excluding hydrogens is 344 g/mol. The second kappa shape index (κ2) is 7.45. The lowest BCUT2D eigenvalue weighted by atomic mass is 9.98. The Morgan fingerprint density at radius 2 is 1.91 bits per heavy atom. The van der Waals surface area contributed by atoms with E-state index in [2.05, 4.69) is 15.9 Å². The van der Waals surface area contributed by atoms with E-state index >= 15 is 0 Å². The van der Waals surface area contributed by atoms with Crippen molar-refractivity contribution in [3.63, 3.8) is 0 Å². The van der Waals surface area contributed by atoms with Gasteiger partial charge in [-0.05, 0) is 49.1 Å². The Hall–Kier alpha value is -1.81. The molecule has 0 aliphatic carbocycles. The van der Waals surface area contributed by atoms with Crippen molar-refractivity contribution in [3.05, 3.63) is 58.1 Å². The fourth-order valence-electron chi connectivity index (χ4n) is 2.29. The molecule has 22 heavy (non-hydrogen) atoms. The molecule has 0 spiro atoms. The van der Waals surface area contributed by atoms with Crippen LogP contribution in [0.1, 0.15) is 24.5 Å². The van der Waals surface area contributed by atoms with Crippen molar-refractivity contribution < 1.29 is 14.6 Å². The van der Waals surface area contributed by atoms with Crippen LogP contribution in [0.4, 0.5) is 0 Å². The van der Waals surface area contributed by atoms with E-state index < -0.39 is 5.97 Å². The van der Waals surface area contributed by atoms with Crippen molar-refractivity contribution in [2.75, 3.05) is 0 Å². The topological polar surface area (TPSA) is 46.5 Å². The molecule has 1 atom stereocenters. The number of carboxylic acid groups (broad SMARTS) is 1. The van der Waals surface area contributed by atoms with Crippen LogP contribution < -0.4 is 4.74 Å². The maximum Gasteiger partial charge on any atom is 0.303 e. The Balaban J connectivity index is 2.03. The predicted molar refractivity (Wildman–Crippen MR) is 90.5 cm³/mol. The fourth-order valence-corrected chi connectivity index (χ4v) is 2.64. The Bertz CT molecular complexity index is 650. The highest BCUT2D eigenvalue weighted by Crippen LogP contribution is 2.30. The largest absolute Gasteiger partial charge is 0.481 e. The summed E-state index contributed by atoms with van der Waals surface area (Å²) in [6.07, 6.45) is 0.942. The van der Waals surface area contributed by atoms with Crippen molar-refractivity contribution >= 4 is 21.9 Å². The molecule has 0 fully saturated rings. The molecule has 0 saturated carbocycles. The first-order valence-corrected chi connectivity index (χ1v) is 7.98. The lowest BCUT2D eigenvalue weighted by Gasteiger charge is -2.12. The minimum Gasteiger partial charge on any atom is -0.481 e. The first-order chi connectivity index (χ1) is 10.5. The van der Waals surface area contributed by atoms with Gasteiger partial charge in [-0.15, -0.1) is 0 Å². The summed E-state index contributed by atoms with van der Waals surface area (Å²) >= 11 is 3.49. The normalized spacial score (nSPS) is 12.0. The lowest BCUT2D eigenvalue weighted by Crippen LogP contribution is -2.06. The summed E-state index contributed by atoms with van der Waals surface area (Å²) < 4.78 is 6.91. The van der Waals surface area contributed by atoms with Crippen LogP contribution >= 0.6 is 15.9 Å². The zero-order valence-electron chi connectivity index (χ0n) is 12.7. The van der Waals surface area contributed by atoms with E-state index in [4.69, 9.17) is 9.84 Å². The third-order valence-corrected chi connectivity index (χ3v) is 4.34. The average molecular weight is 363 g/mol. The number of carbonyl (C=O) groups is 1. The third-order valence-electron chi connectivity index (χ3n) is 3.48. The molecular formula is C18H19BrO3. The molecule has 2 rings (SSSR count). The molecule has 0 aliphatic rings. The molecule has 0 aromatic heterocycles. The van der Waals surface area contributed by atoms with Gasteiger partial charge in [0.1, 0.15) is 11.5 Å². The van der Waals surface area contributed by atoms with Gasteiger partial charge in [0, 0.05) is 16.5 Å². The molecule has 2 aromatic rings. The summed E-state index contributed by atoms with van der Waals surface area (Å²) in [6.45, 7) is 3.95. The quantitative estimate of drug-likeness (QED) is 0.767. The van der Waals surface area contributed by atoms with Gasteiger partial charge in [-0.3, -0.25) is 4.79 Å². The van der Waals surface area contributed by atoms with E-state index in [9.17, 15) is 4.79 Å². The number of hydrogen-bond acceptors (Lipinski definition) is 2. The molecule has 0 unspecified atom stereocenters. The standard InChI is InChI=1S/C18H19BrO3/c1-12(11-18(20)21)10-14-6-8-15(9-7-14)22-17-5-3-4-16(19)13(17)2/h3-9,12H,10-11H2,1-2H3,(H,20,21)/t12-/m0/s1. The number of rotatable bonds is 6. The van der Waals surface area contributed by atoms with Crippen LogP contribution in [0.5, 0.6) is 11.5 Å². The van der Waals surface area contributed by atoms with Crippen molar-refractivity contribution in [1.82, 2.24) is 0 Å². The summed E-state index contributed by atoms with van der Waals surface area (Å²) in [7, 11) is 0. The smallest absolute Gasteiger partial charge is 0.303 e.